The molecule has 2 aromatic rings. The average molecular weight is 353 g/mol. The van der Waals surface area contributed by atoms with Crippen LogP contribution >= 0.6 is 15.9 Å². The minimum Gasteiger partial charge on any atom is -0.493 e. The first-order valence-corrected chi connectivity index (χ1v) is 7.20. The molecule has 0 spiro atoms. The molecule has 21 heavy (non-hydrogen) atoms. The predicted octanol–water partition coefficient (Wildman–Crippen LogP) is 3.54. The summed E-state index contributed by atoms with van der Waals surface area (Å²) in [5.41, 5.74) is 1.70. The SMILES string of the molecule is COc1ccc(COc2ccc(Br)cc2CO)cc1OC. The standard InChI is InChI=1S/C16H17BrO4/c1-19-15-5-3-11(7-16(15)20-2)10-21-14-6-4-13(17)8-12(14)9-18/h3-8,18H,9-10H2,1-2H3. The first-order valence-electron chi connectivity index (χ1n) is 6.41. The Kier molecular flexibility index (Phi) is 5.47. The summed E-state index contributed by atoms with van der Waals surface area (Å²) < 4.78 is 17.1. The van der Waals surface area contributed by atoms with Crippen molar-refractivity contribution < 1.29 is 19.3 Å². The lowest BCUT2D eigenvalue weighted by atomic mass is 10.2. The molecular weight excluding hydrogens is 336 g/mol. The fourth-order valence-electron chi connectivity index (χ4n) is 1.94. The molecule has 2 rings (SSSR count). The van der Waals surface area contributed by atoms with Crippen LogP contribution in [0.1, 0.15) is 11.1 Å². The largest absolute Gasteiger partial charge is 0.493 e. The number of aliphatic hydroxyl groups excluding tert-OH is 1. The molecule has 4 nitrogen and oxygen atoms in total. The summed E-state index contributed by atoms with van der Waals surface area (Å²) in [4.78, 5) is 0. The van der Waals surface area contributed by atoms with Gasteiger partial charge in [-0.1, -0.05) is 22.0 Å². The maximum absolute atomic E-state index is 9.35. The van der Waals surface area contributed by atoms with Crippen molar-refractivity contribution in [3.05, 3.63) is 52.0 Å². The second-order valence-corrected chi connectivity index (χ2v) is 5.30. The van der Waals surface area contributed by atoms with E-state index in [0.29, 0.717) is 23.9 Å². The van der Waals surface area contributed by atoms with Crippen LogP contribution in [-0.4, -0.2) is 19.3 Å². The van der Waals surface area contributed by atoms with Crippen molar-refractivity contribution in [1.29, 1.82) is 0 Å². The molecule has 0 unspecified atom stereocenters. The van der Waals surface area contributed by atoms with Gasteiger partial charge < -0.3 is 19.3 Å². The van der Waals surface area contributed by atoms with Crippen molar-refractivity contribution >= 4 is 15.9 Å². The molecule has 5 heteroatoms. The molecule has 0 radical (unpaired) electrons. The Morgan fingerprint density at radius 1 is 0.952 bits per heavy atom. The van der Waals surface area contributed by atoms with E-state index in [1.807, 2.05) is 36.4 Å². The fourth-order valence-corrected chi connectivity index (χ4v) is 2.35. The van der Waals surface area contributed by atoms with Crippen LogP contribution in [0.5, 0.6) is 17.2 Å². The summed E-state index contributed by atoms with van der Waals surface area (Å²) in [6, 6.07) is 11.2. The van der Waals surface area contributed by atoms with Gasteiger partial charge in [0.2, 0.25) is 0 Å². The zero-order valence-corrected chi connectivity index (χ0v) is 13.5. The number of rotatable bonds is 6. The summed E-state index contributed by atoms with van der Waals surface area (Å²) in [5, 5.41) is 9.35. The van der Waals surface area contributed by atoms with Crippen LogP contribution in [-0.2, 0) is 13.2 Å². The lowest BCUT2D eigenvalue weighted by molar-refractivity contribution is 0.258. The monoisotopic (exact) mass is 352 g/mol. The minimum absolute atomic E-state index is 0.0687. The van der Waals surface area contributed by atoms with E-state index in [0.717, 1.165) is 15.6 Å². The second kappa shape index (κ2) is 7.33. The van der Waals surface area contributed by atoms with Crippen LogP contribution in [0.15, 0.2) is 40.9 Å². The Labute approximate surface area is 132 Å². The first-order chi connectivity index (χ1) is 10.2. The van der Waals surface area contributed by atoms with Crippen molar-refractivity contribution in [1.82, 2.24) is 0 Å². The van der Waals surface area contributed by atoms with Crippen LogP contribution in [0, 0.1) is 0 Å². The smallest absolute Gasteiger partial charge is 0.161 e. The van der Waals surface area contributed by atoms with Gasteiger partial charge in [-0.15, -0.1) is 0 Å². The van der Waals surface area contributed by atoms with Gasteiger partial charge in [0.15, 0.2) is 11.5 Å². The lowest BCUT2D eigenvalue weighted by Gasteiger charge is -2.12. The molecule has 0 bridgehead atoms. The predicted molar refractivity (Wildman–Crippen MR) is 83.9 cm³/mol. The van der Waals surface area contributed by atoms with Crippen molar-refractivity contribution in [3.8, 4) is 17.2 Å². The van der Waals surface area contributed by atoms with Crippen molar-refractivity contribution in [2.24, 2.45) is 0 Å². The van der Waals surface area contributed by atoms with Crippen LogP contribution < -0.4 is 14.2 Å². The second-order valence-electron chi connectivity index (χ2n) is 4.39. The summed E-state index contributed by atoms with van der Waals surface area (Å²) in [7, 11) is 3.20. The van der Waals surface area contributed by atoms with Gasteiger partial charge in [-0.05, 0) is 35.9 Å². The number of aliphatic hydroxyl groups is 1. The minimum atomic E-state index is -0.0687. The summed E-state index contributed by atoms with van der Waals surface area (Å²) in [5.74, 6) is 2.01. The summed E-state index contributed by atoms with van der Waals surface area (Å²) in [6.07, 6.45) is 0. The highest BCUT2D eigenvalue weighted by Gasteiger charge is 2.07. The molecule has 0 saturated heterocycles. The molecule has 0 saturated carbocycles. The van der Waals surface area contributed by atoms with E-state index in [4.69, 9.17) is 14.2 Å². The number of ether oxygens (including phenoxy) is 3. The Morgan fingerprint density at radius 3 is 2.33 bits per heavy atom. The normalized spacial score (nSPS) is 10.3. The van der Waals surface area contributed by atoms with E-state index in [-0.39, 0.29) is 6.61 Å². The van der Waals surface area contributed by atoms with Gasteiger partial charge in [0.25, 0.3) is 0 Å². The summed E-state index contributed by atoms with van der Waals surface area (Å²) in [6.45, 7) is 0.315. The number of hydrogen-bond acceptors (Lipinski definition) is 4. The highest BCUT2D eigenvalue weighted by Crippen LogP contribution is 2.29. The third kappa shape index (κ3) is 3.89. The fraction of sp³-hybridized carbons (Fsp3) is 0.250. The van der Waals surface area contributed by atoms with E-state index < -0.39 is 0 Å². The number of halogens is 1. The molecule has 0 amide bonds. The van der Waals surface area contributed by atoms with E-state index in [9.17, 15) is 5.11 Å². The maximum atomic E-state index is 9.35. The van der Waals surface area contributed by atoms with E-state index in [1.54, 1.807) is 14.2 Å². The van der Waals surface area contributed by atoms with Crippen LogP contribution in [0.4, 0.5) is 0 Å². The van der Waals surface area contributed by atoms with Gasteiger partial charge in [-0.2, -0.15) is 0 Å². The molecule has 0 aliphatic heterocycles. The molecule has 0 aliphatic rings. The van der Waals surface area contributed by atoms with Gasteiger partial charge in [-0.3, -0.25) is 0 Å². The first kappa shape index (κ1) is 15.7. The Balaban J connectivity index is 2.13. The summed E-state index contributed by atoms with van der Waals surface area (Å²) >= 11 is 3.37. The van der Waals surface area contributed by atoms with Gasteiger partial charge in [0.1, 0.15) is 12.4 Å². The Morgan fingerprint density at radius 2 is 1.67 bits per heavy atom. The van der Waals surface area contributed by atoms with Gasteiger partial charge >= 0.3 is 0 Å². The Bertz CT molecular complexity index is 613. The third-order valence-electron chi connectivity index (χ3n) is 3.04. The number of hydrogen-bond donors (Lipinski definition) is 1. The highest BCUT2D eigenvalue weighted by molar-refractivity contribution is 9.10. The van der Waals surface area contributed by atoms with Crippen LogP contribution in [0.2, 0.25) is 0 Å². The van der Waals surface area contributed by atoms with Crippen LogP contribution in [0.3, 0.4) is 0 Å². The quantitative estimate of drug-likeness (QED) is 0.863. The molecule has 112 valence electrons. The molecule has 1 N–H and O–H groups in total. The van der Waals surface area contributed by atoms with E-state index in [1.165, 1.54) is 0 Å². The molecular formula is C16H17BrO4. The zero-order chi connectivity index (χ0) is 15.2. The van der Waals surface area contributed by atoms with Gasteiger partial charge in [0, 0.05) is 10.0 Å². The molecule has 0 aliphatic carbocycles. The lowest BCUT2D eigenvalue weighted by Crippen LogP contribution is -2.00. The van der Waals surface area contributed by atoms with Crippen molar-refractivity contribution in [2.45, 2.75) is 13.2 Å². The van der Waals surface area contributed by atoms with Gasteiger partial charge in [-0.25, -0.2) is 0 Å². The van der Waals surface area contributed by atoms with E-state index >= 15 is 0 Å². The van der Waals surface area contributed by atoms with E-state index in [2.05, 4.69) is 15.9 Å². The molecule has 0 heterocycles. The molecule has 2 aromatic carbocycles. The third-order valence-corrected chi connectivity index (χ3v) is 3.53. The van der Waals surface area contributed by atoms with Gasteiger partial charge in [0.05, 0.1) is 20.8 Å². The average Bonchev–Trinajstić information content (AvgIpc) is 2.53. The highest BCUT2D eigenvalue weighted by atomic mass is 79.9. The zero-order valence-electron chi connectivity index (χ0n) is 11.9. The Hall–Kier alpha value is -1.72. The number of benzene rings is 2. The maximum Gasteiger partial charge on any atom is 0.161 e. The van der Waals surface area contributed by atoms with Crippen LogP contribution in [0.25, 0.3) is 0 Å². The topological polar surface area (TPSA) is 47.9 Å². The molecule has 0 atom stereocenters. The molecule has 0 aromatic heterocycles. The number of methoxy groups -OCH3 is 2. The molecule has 0 fully saturated rings. The van der Waals surface area contributed by atoms with Crippen molar-refractivity contribution in [2.75, 3.05) is 14.2 Å². The van der Waals surface area contributed by atoms with Crippen molar-refractivity contribution in [3.63, 3.8) is 0 Å².